The van der Waals surface area contributed by atoms with Gasteiger partial charge in [0.05, 0.1) is 13.1 Å². The molecular weight excluding hydrogens is 371 g/mol. The van der Waals surface area contributed by atoms with Gasteiger partial charge in [-0.05, 0) is 24.3 Å². The number of phenolic OH excluding ortho intramolecular Hbond substituents is 2. The van der Waals surface area contributed by atoms with E-state index in [0.29, 0.717) is 24.2 Å². The molecule has 0 unspecified atom stereocenters. The van der Waals surface area contributed by atoms with Crippen LogP contribution in [0.5, 0.6) is 11.5 Å². The van der Waals surface area contributed by atoms with Crippen LogP contribution >= 0.6 is 0 Å². The number of hydrogen-bond donors (Lipinski definition) is 2. The third-order valence-corrected chi connectivity index (χ3v) is 2.69. The minimum atomic E-state index is 0. The standard InChI is InChI=1S/C16H16N2O2.Sn.2H/c19-15-7-3-1-5-13(15)11-17-9-10-18-12-14-6-2-4-8-16(14)20;;;/h1-8,11-12,19-20H,9-10H2;;;/b17-11+,18-12+;;;. The third-order valence-electron chi connectivity index (χ3n) is 2.69. The van der Waals surface area contributed by atoms with E-state index in [1.54, 1.807) is 48.8 Å². The Morgan fingerprint density at radius 2 is 1.10 bits per heavy atom. The van der Waals surface area contributed by atoms with Crippen molar-refractivity contribution < 1.29 is 10.2 Å². The van der Waals surface area contributed by atoms with Crippen molar-refractivity contribution in [3.8, 4) is 11.5 Å². The third kappa shape index (κ3) is 5.59. The number of aromatic hydroxyl groups is 2. The Bertz CT molecular complexity index is 572. The van der Waals surface area contributed by atoms with Crippen LogP contribution in [0.15, 0.2) is 58.5 Å². The van der Waals surface area contributed by atoms with Crippen LogP contribution in [0.25, 0.3) is 0 Å². The molecule has 0 aliphatic rings. The fourth-order valence-electron chi connectivity index (χ4n) is 1.63. The summed E-state index contributed by atoms with van der Waals surface area (Å²) in [6, 6.07) is 14.1. The van der Waals surface area contributed by atoms with Gasteiger partial charge in [0.2, 0.25) is 0 Å². The molecule has 21 heavy (non-hydrogen) atoms. The molecule has 0 saturated carbocycles. The van der Waals surface area contributed by atoms with E-state index < -0.39 is 0 Å². The molecule has 0 aliphatic carbocycles. The van der Waals surface area contributed by atoms with Crippen molar-refractivity contribution in [2.75, 3.05) is 13.1 Å². The zero-order chi connectivity index (χ0) is 14.2. The van der Waals surface area contributed by atoms with Gasteiger partial charge >= 0.3 is 23.9 Å². The van der Waals surface area contributed by atoms with Crippen LogP contribution in [0.4, 0.5) is 0 Å². The molecule has 0 aliphatic heterocycles. The van der Waals surface area contributed by atoms with E-state index in [0.717, 1.165) is 0 Å². The summed E-state index contributed by atoms with van der Waals surface area (Å²) in [5.41, 5.74) is 1.38. The van der Waals surface area contributed by atoms with E-state index in [9.17, 15) is 10.2 Å². The average molecular weight is 389 g/mol. The molecule has 108 valence electrons. The van der Waals surface area contributed by atoms with Crippen LogP contribution in [-0.2, 0) is 0 Å². The number of rotatable bonds is 5. The summed E-state index contributed by atoms with van der Waals surface area (Å²) in [6.07, 6.45) is 3.26. The topological polar surface area (TPSA) is 65.2 Å². The second kappa shape index (κ2) is 9.18. The van der Waals surface area contributed by atoms with E-state index in [1.807, 2.05) is 12.1 Å². The Morgan fingerprint density at radius 1 is 0.714 bits per heavy atom. The number of para-hydroxylation sites is 2. The SMILES string of the molecule is Oc1ccccc1/C=N/CC/N=C/c1ccccc1O.[SnH2]. The molecule has 0 atom stereocenters. The van der Waals surface area contributed by atoms with Gasteiger partial charge in [0, 0.05) is 23.6 Å². The molecule has 2 aromatic carbocycles. The molecule has 0 bridgehead atoms. The molecule has 0 spiro atoms. The van der Waals surface area contributed by atoms with Gasteiger partial charge in [0.1, 0.15) is 11.5 Å². The normalized spacial score (nSPS) is 10.9. The first kappa shape index (κ1) is 17.2. The molecule has 0 amide bonds. The molecular formula is C16H18N2O2Sn. The fraction of sp³-hybridized carbons (Fsp3) is 0.125. The molecule has 0 aromatic heterocycles. The van der Waals surface area contributed by atoms with Gasteiger partial charge in [-0.1, -0.05) is 24.3 Å². The maximum atomic E-state index is 9.54. The number of phenols is 2. The Hall–Kier alpha value is -1.82. The van der Waals surface area contributed by atoms with E-state index in [-0.39, 0.29) is 35.4 Å². The van der Waals surface area contributed by atoms with Crippen molar-refractivity contribution in [2.45, 2.75) is 0 Å². The number of aliphatic imine (C=N–C) groups is 2. The fourth-order valence-corrected chi connectivity index (χ4v) is 1.63. The quantitative estimate of drug-likeness (QED) is 0.465. The molecule has 2 rings (SSSR count). The first-order valence-electron chi connectivity index (χ1n) is 6.33. The summed E-state index contributed by atoms with van der Waals surface area (Å²) >= 11 is 0. The Morgan fingerprint density at radius 3 is 1.48 bits per heavy atom. The monoisotopic (exact) mass is 390 g/mol. The molecule has 4 nitrogen and oxygen atoms in total. The van der Waals surface area contributed by atoms with E-state index in [4.69, 9.17) is 0 Å². The van der Waals surface area contributed by atoms with Gasteiger partial charge in [0.15, 0.2) is 0 Å². The van der Waals surface area contributed by atoms with Gasteiger partial charge in [-0.15, -0.1) is 0 Å². The molecule has 5 heteroatoms. The van der Waals surface area contributed by atoms with Gasteiger partial charge in [-0.25, -0.2) is 0 Å². The van der Waals surface area contributed by atoms with E-state index in [1.165, 1.54) is 0 Å². The second-order valence-electron chi connectivity index (χ2n) is 4.19. The first-order valence-corrected chi connectivity index (χ1v) is 6.33. The van der Waals surface area contributed by atoms with E-state index >= 15 is 0 Å². The molecule has 2 radical (unpaired) electrons. The Labute approximate surface area is 140 Å². The van der Waals surface area contributed by atoms with Gasteiger partial charge < -0.3 is 10.2 Å². The van der Waals surface area contributed by atoms with Crippen molar-refractivity contribution in [1.82, 2.24) is 0 Å². The predicted molar refractivity (Wildman–Crippen MR) is 89.7 cm³/mol. The molecule has 0 saturated heterocycles. The Kier molecular flexibility index (Phi) is 7.53. The Balaban J connectivity index is 0.00000220. The van der Waals surface area contributed by atoms with Crippen molar-refractivity contribution in [3.05, 3.63) is 59.7 Å². The zero-order valence-electron chi connectivity index (χ0n) is 11.7. The number of hydrogen-bond acceptors (Lipinski definition) is 4. The van der Waals surface area contributed by atoms with Crippen LogP contribution in [0.2, 0.25) is 0 Å². The summed E-state index contributed by atoms with van der Waals surface area (Å²) in [5, 5.41) is 19.1. The van der Waals surface area contributed by atoms with Gasteiger partial charge in [0.25, 0.3) is 0 Å². The number of nitrogens with zero attached hydrogens (tertiary/aromatic N) is 2. The molecule has 2 aromatic rings. The van der Waals surface area contributed by atoms with Gasteiger partial charge in [-0.2, -0.15) is 0 Å². The van der Waals surface area contributed by atoms with Crippen LogP contribution < -0.4 is 0 Å². The average Bonchev–Trinajstić information content (AvgIpc) is 2.46. The molecule has 2 N–H and O–H groups in total. The first-order chi connectivity index (χ1) is 9.77. The van der Waals surface area contributed by atoms with Crippen molar-refractivity contribution in [1.29, 1.82) is 0 Å². The van der Waals surface area contributed by atoms with Crippen molar-refractivity contribution in [3.63, 3.8) is 0 Å². The molecule has 0 heterocycles. The summed E-state index contributed by atoms with van der Waals surface area (Å²) < 4.78 is 0. The minimum absolute atomic E-state index is 0. The second-order valence-corrected chi connectivity index (χ2v) is 4.19. The van der Waals surface area contributed by atoms with Crippen LogP contribution in [0.3, 0.4) is 0 Å². The van der Waals surface area contributed by atoms with Crippen molar-refractivity contribution >= 4 is 36.3 Å². The van der Waals surface area contributed by atoms with Crippen LogP contribution in [-0.4, -0.2) is 59.6 Å². The van der Waals surface area contributed by atoms with Gasteiger partial charge in [-0.3, -0.25) is 9.98 Å². The zero-order valence-corrected chi connectivity index (χ0v) is 15.7. The predicted octanol–water partition coefficient (Wildman–Crippen LogP) is 1.72. The summed E-state index contributed by atoms with van der Waals surface area (Å²) in [7, 11) is 0. The summed E-state index contributed by atoms with van der Waals surface area (Å²) in [5.74, 6) is 0.433. The summed E-state index contributed by atoms with van der Waals surface area (Å²) in [4.78, 5) is 8.39. The van der Waals surface area contributed by atoms with E-state index in [2.05, 4.69) is 9.98 Å². The number of benzene rings is 2. The van der Waals surface area contributed by atoms with Crippen LogP contribution in [0, 0.1) is 0 Å². The maximum absolute atomic E-state index is 9.54. The van der Waals surface area contributed by atoms with Crippen molar-refractivity contribution in [2.24, 2.45) is 9.98 Å². The van der Waals surface area contributed by atoms with Crippen LogP contribution in [0.1, 0.15) is 11.1 Å². The molecule has 0 fully saturated rings. The summed E-state index contributed by atoms with van der Waals surface area (Å²) in [6.45, 7) is 1.05.